The molecule has 5 rings (SSSR count). The largest absolute Gasteiger partial charge is 0.416 e. The normalized spacial score (nSPS) is 15.0. The molecule has 1 amide bonds. The maximum Gasteiger partial charge on any atom is 0.416 e. The van der Waals surface area contributed by atoms with E-state index in [4.69, 9.17) is 0 Å². The summed E-state index contributed by atoms with van der Waals surface area (Å²) in [5, 5.41) is 1.02. The lowest BCUT2D eigenvalue weighted by molar-refractivity contribution is -0.137. The maximum absolute atomic E-state index is 13.2. The number of carbonyl (C=O) groups is 1. The van der Waals surface area contributed by atoms with Gasteiger partial charge in [-0.05, 0) is 47.7 Å². The van der Waals surface area contributed by atoms with E-state index in [2.05, 4.69) is 22.9 Å². The van der Waals surface area contributed by atoms with Crippen LogP contribution in [-0.2, 0) is 17.5 Å². The molecule has 6 heteroatoms. The predicted octanol–water partition coefficient (Wildman–Crippen LogP) is 6.85. The molecule has 4 aromatic rings. The van der Waals surface area contributed by atoms with Crippen molar-refractivity contribution in [3.8, 4) is 0 Å². The van der Waals surface area contributed by atoms with E-state index in [-0.39, 0.29) is 18.2 Å². The van der Waals surface area contributed by atoms with Crippen LogP contribution in [0, 0.1) is 0 Å². The summed E-state index contributed by atoms with van der Waals surface area (Å²) in [6, 6.07) is 23.4. The number of amides is 1. The quantitative estimate of drug-likeness (QED) is 0.299. The van der Waals surface area contributed by atoms with Crippen molar-refractivity contribution in [3.63, 3.8) is 0 Å². The summed E-state index contributed by atoms with van der Waals surface area (Å²) in [5.41, 5.74) is 3.19. The number of halogens is 3. The first kappa shape index (κ1) is 23.2. The van der Waals surface area contributed by atoms with Crippen molar-refractivity contribution >= 4 is 16.8 Å². The van der Waals surface area contributed by atoms with Crippen LogP contribution >= 0.6 is 0 Å². The number of alkyl halides is 3. The van der Waals surface area contributed by atoms with Gasteiger partial charge >= 0.3 is 6.18 Å². The molecular formula is C29H27F3N2O. The van der Waals surface area contributed by atoms with E-state index in [9.17, 15) is 18.0 Å². The zero-order valence-electron chi connectivity index (χ0n) is 19.3. The summed E-state index contributed by atoms with van der Waals surface area (Å²) in [5.74, 6) is -0.292. The van der Waals surface area contributed by atoms with Crippen LogP contribution in [-0.4, -0.2) is 28.5 Å². The number of aromatic nitrogens is 1. The van der Waals surface area contributed by atoms with Crippen molar-refractivity contribution in [2.24, 2.45) is 0 Å². The topological polar surface area (TPSA) is 25.2 Å². The lowest BCUT2D eigenvalue weighted by Crippen LogP contribution is -2.29. The highest BCUT2D eigenvalue weighted by Gasteiger charge is 2.31. The Balaban J connectivity index is 1.57. The van der Waals surface area contributed by atoms with E-state index in [1.165, 1.54) is 12.1 Å². The zero-order valence-corrected chi connectivity index (χ0v) is 19.3. The number of rotatable bonds is 6. The van der Waals surface area contributed by atoms with Gasteiger partial charge in [0.25, 0.3) is 0 Å². The third-order valence-corrected chi connectivity index (χ3v) is 6.87. The minimum absolute atomic E-state index is 0.0484. The number of likely N-dealkylation sites (tertiary alicyclic amines) is 1. The fourth-order valence-electron chi connectivity index (χ4n) is 5.05. The van der Waals surface area contributed by atoms with E-state index in [0.29, 0.717) is 12.1 Å². The minimum Gasteiger partial charge on any atom is -0.343 e. The van der Waals surface area contributed by atoms with E-state index < -0.39 is 11.7 Å². The predicted molar refractivity (Wildman–Crippen MR) is 131 cm³/mol. The van der Waals surface area contributed by atoms with Crippen molar-refractivity contribution in [1.82, 2.24) is 9.47 Å². The van der Waals surface area contributed by atoms with Gasteiger partial charge in [-0.1, -0.05) is 60.7 Å². The molecule has 0 saturated carbocycles. The Labute approximate surface area is 202 Å². The molecule has 35 heavy (non-hydrogen) atoms. The molecule has 0 bridgehead atoms. The molecule has 0 N–H and O–H groups in total. The summed E-state index contributed by atoms with van der Waals surface area (Å²) in [4.78, 5) is 15.1. The van der Waals surface area contributed by atoms with Gasteiger partial charge in [-0.25, -0.2) is 0 Å². The number of hydrogen-bond acceptors (Lipinski definition) is 1. The second-order valence-electron chi connectivity index (χ2n) is 9.18. The standard InChI is InChI=1S/C29H27F3N2O/c30-29(31,32)23-14-12-22(13-15-23)25(18-28(35)33-16-6-7-17-33)26-20-34(19-21-8-2-1-3-9-21)27-11-5-4-10-24(26)27/h1-5,8-15,20,25H,6-7,16-19H2/t25-/m0/s1. The Kier molecular flexibility index (Phi) is 6.37. The second-order valence-corrected chi connectivity index (χ2v) is 9.18. The van der Waals surface area contributed by atoms with Crippen LogP contribution in [0.1, 0.15) is 47.4 Å². The first-order valence-corrected chi connectivity index (χ1v) is 12.0. The zero-order chi connectivity index (χ0) is 24.4. The first-order valence-electron chi connectivity index (χ1n) is 12.0. The molecule has 1 fully saturated rings. The maximum atomic E-state index is 13.2. The third kappa shape index (κ3) is 4.97. The van der Waals surface area contributed by atoms with Gasteiger partial charge in [-0.3, -0.25) is 4.79 Å². The molecule has 2 heterocycles. The van der Waals surface area contributed by atoms with E-state index >= 15 is 0 Å². The fraction of sp³-hybridized carbons (Fsp3) is 0.276. The van der Waals surface area contributed by atoms with Crippen LogP contribution in [0.15, 0.2) is 85.1 Å². The Morgan fingerprint density at radius 1 is 0.857 bits per heavy atom. The molecule has 180 valence electrons. The Morgan fingerprint density at radius 3 is 2.20 bits per heavy atom. The number of benzene rings is 3. The van der Waals surface area contributed by atoms with Crippen LogP contribution in [0.25, 0.3) is 10.9 Å². The molecule has 1 aliphatic heterocycles. The highest BCUT2D eigenvalue weighted by molar-refractivity contribution is 5.87. The van der Waals surface area contributed by atoms with Crippen LogP contribution in [0.2, 0.25) is 0 Å². The average Bonchev–Trinajstić information content (AvgIpc) is 3.52. The van der Waals surface area contributed by atoms with E-state index in [1.807, 2.05) is 47.4 Å². The molecule has 1 aromatic heterocycles. The fourth-order valence-corrected chi connectivity index (χ4v) is 5.05. The lowest BCUT2D eigenvalue weighted by atomic mass is 9.87. The van der Waals surface area contributed by atoms with Crippen molar-refractivity contribution in [2.75, 3.05) is 13.1 Å². The Morgan fingerprint density at radius 2 is 1.51 bits per heavy atom. The van der Waals surface area contributed by atoms with Crippen LogP contribution < -0.4 is 0 Å². The molecule has 3 nitrogen and oxygen atoms in total. The minimum atomic E-state index is -4.40. The highest BCUT2D eigenvalue weighted by atomic mass is 19.4. The number of carbonyl (C=O) groups excluding carboxylic acids is 1. The van der Waals surface area contributed by atoms with Gasteiger partial charge in [0.2, 0.25) is 5.91 Å². The van der Waals surface area contributed by atoms with Gasteiger partial charge in [-0.15, -0.1) is 0 Å². The smallest absolute Gasteiger partial charge is 0.343 e. The summed E-state index contributed by atoms with van der Waals surface area (Å²) in [7, 11) is 0. The highest BCUT2D eigenvalue weighted by Crippen LogP contribution is 2.37. The lowest BCUT2D eigenvalue weighted by Gasteiger charge is -2.22. The number of para-hydroxylation sites is 1. The third-order valence-electron chi connectivity index (χ3n) is 6.87. The Hall–Kier alpha value is -3.54. The van der Waals surface area contributed by atoms with Gasteiger partial charge in [0.05, 0.1) is 5.56 Å². The molecule has 1 saturated heterocycles. The average molecular weight is 477 g/mol. The molecule has 1 aliphatic rings. The van der Waals surface area contributed by atoms with E-state index in [1.54, 1.807) is 0 Å². The number of nitrogens with zero attached hydrogens (tertiary/aromatic N) is 2. The van der Waals surface area contributed by atoms with Gasteiger partial charge in [0.15, 0.2) is 0 Å². The molecule has 3 aromatic carbocycles. The monoisotopic (exact) mass is 476 g/mol. The van der Waals surface area contributed by atoms with Crippen LogP contribution in [0.5, 0.6) is 0 Å². The summed E-state index contributed by atoms with van der Waals surface area (Å²) in [6.45, 7) is 2.16. The van der Waals surface area contributed by atoms with Crippen LogP contribution in [0.4, 0.5) is 13.2 Å². The van der Waals surface area contributed by atoms with Crippen molar-refractivity contribution in [2.45, 2.75) is 37.9 Å². The van der Waals surface area contributed by atoms with Gasteiger partial charge in [0, 0.05) is 49.1 Å². The summed E-state index contributed by atoms with van der Waals surface area (Å²) >= 11 is 0. The molecule has 0 aliphatic carbocycles. The Bertz CT molecular complexity index is 1300. The van der Waals surface area contributed by atoms with Gasteiger partial charge in [-0.2, -0.15) is 13.2 Å². The molecular weight excluding hydrogens is 449 g/mol. The number of fused-ring (bicyclic) bond motifs is 1. The van der Waals surface area contributed by atoms with Crippen molar-refractivity contribution < 1.29 is 18.0 Å². The van der Waals surface area contributed by atoms with Gasteiger partial charge < -0.3 is 9.47 Å². The molecule has 0 spiro atoms. The van der Waals surface area contributed by atoms with Crippen molar-refractivity contribution in [3.05, 3.63) is 107 Å². The second kappa shape index (κ2) is 9.61. The number of hydrogen-bond donors (Lipinski definition) is 0. The van der Waals surface area contributed by atoms with Crippen molar-refractivity contribution in [1.29, 1.82) is 0 Å². The SMILES string of the molecule is O=C(C[C@@H](c1ccc(C(F)(F)F)cc1)c1cn(Cc2ccccc2)c2ccccc12)N1CCCC1. The summed E-state index contributed by atoms with van der Waals surface area (Å²) < 4.78 is 41.8. The summed E-state index contributed by atoms with van der Waals surface area (Å²) in [6.07, 6.45) is -0.118. The van der Waals surface area contributed by atoms with E-state index in [0.717, 1.165) is 60.1 Å². The van der Waals surface area contributed by atoms with Gasteiger partial charge in [0.1, 0.15) is 0 Å². The molecule has 1 atom stereocenters. The molecule has 0 unspecified atom stereocenters. The molecule has 0 radical (unpaired) electrons. The first-order chi connectivity index (χ1) is 16.9. The van der Waals surface area contributed by atoms with Crippen LogP contribution in [0.3, 0.4) is 0 Å².